The molecule has 0 aromatic heterocycles. The number of rotatable bonds is 4. The summed E-state index contributed by atoms with van der Waals surface area (Å²) in [5.41, 5.74) is 0.409. The highest BCUT2D eigenvalue weighted by atomic mass is 35.5. The predicted octanol–water partition coefficient (Wildman–Crippen LogP) is 1.17. The predicted molar refractivity (Wildman–Crippen MR) is 63.8 cm³/mol. The topological polar surface area (TPSA) is 90.6 Å². The van der Waals surface area contributed by atoms with Gasteiger partial charge in [0.1, 0.15) is 6.10 Å². The molecule has 2 N–H and O–H groups in total. The van der Waals surface area contributed by atoms with Gasteiger partial charge >= 0.3 is 5.97 Å². The van der Waals surface area contributed by atoms with Gasteiger partial charge in [0.25, 0.3) is 0 Å². The van der Waals surface area contributed by atoms with Crippen molar-refractivity contribution in [2.75, 3.05) is 6.61 Å². The summed E-state index contributed by atoms with van der Waals surface area (Å²) in [5.74, 6) is -0.927. The Hall–Kier alpha value is -1.61. The van der Waals surface area contributed by atoms with Crippen LogP contribution in [0.4, 0.5) is 0 Å². The summed E-state index contributed by atoms with van der Waals surface area (Å²) < 4.78 is 4.59. The largest absolute Gasteiger partial charge is 0.464 e. The van der Waals surface area contributed by atoms with Crippen LogP contribution in [-0.4, -0.2) is 28.9 Å². The monoisotopic (exact) mass is 269 g/mol. The number of benzene rings is 1. The molecule has 0 spiro atoms. The second kappa shape index (κ2) is 6.36. The number of nitrogens with zero attached hydrogens (tertiary/aromatic N) is 1. The van der Waals surface area contributed by atoms with Crippen LogP contribution < -0.4 is 0 Å². The molecule has 0 aliphatic heterocycles. The number of aliphatic hydroxyl groups excluding tert-OH is 2. The minimum atomic E-state index is -1.71. The number of esters is 1. The van der Waals surface area contributed by atoms with Gasteiger partial charge in [-0.15, -0.1) is 0 Å². The number of halogens is 1. The SMILES string of the molecule is CCOC(=O)C(O)C(O)c1cc(Cl)cc(C#N)c1. The van der Waals surface area contributed by atoms with Gasteiger partial charge in [0.15, 0.2) is 6.10 Å². The number of aliphatic hydroxyl groups is 2. The molecule has 2 unspecified atom stereocenters. The van der Waals surface area contributed by atoms with Crippen LogP contribution in [0.5, 0.6) is 0 Å². The van der Waals surface area contributed by atoms with E-state index in [-0.39, 0.29) is 22.8 Å². The van der Waals surface area contributed by atoms with E-state index in [4.69, 9.17) is 16.9 Å². The van der Waals surface area contributed by atoms with E-state index in [0.717, 1.165) is 0 Å². The zero-order valence-electron chi connectivity index (χ0n) is 9.63. The summed E-state index contributed by atoms with van der Waals surface area (Å²) in [7, 11) is 0. The van der Waals surface area contributed by atoms with E-state index in [1.165, 1.54) is 18.2 Å². The molecule has 0 bridgehead atoms. The van der Waals surface area contributed by atoms with Crippen LogP contribution in [0.1, 0.15) is 24.2 Å². The standard InChI is InChI=1S/C12H12ClNO4/c1-2-18-12(17)11(16)10(15)8-3-7(6-14)4-9(13)5-8/h3-5,10-11,15-16H,2H2,1H3. The first kappa shape index (κ1) is 14.5. The number of hydrogen-bond acceptors (Lipinski definition) is 5. The van der Waals surface area contributed by atoms with Crippen LogP contribution >= 0.6 is 11.6 Å². The molecule has 0 aliphatic rings. The molecule has 6 heteroatoms. The Morgan fingerprint density at radius 3 is 2.72 bits per heavy atom. The highest BCUT2D eigenvalue weighted by Gasteiger charge is 2.27. The maximum absolute atomic E-state index is 11.3. The average Bonchev–Trinajstić information content (AvgIpc) is 2.36. The lowest BCUT2D eigenvalue weighted by Gasteiger charge is -2.17. The molecule has 0 fully saturated rings. The molecular formula is C12H12ClNO4. The summed E-state index contributed by atoms with van der Waals surface area (Å²) in [5, 5.41) is 28.4. The molecule has 0 aliphatic carbocycles. The molecule has 2 atom stereocenters. The van der Waals surface area contributed by atoms with E-state index in [2.05, 4.69) is 4.74 Å². The third-order valence-electron chi connectivity index (χ3n) is 2.22. The molecule has 1 rings (SSSR count). The maximum Gasteiger partial charge on any atom is 0.338 e. The molecule has 5 nitrogen and oxygen atoms in total. The fraction of sp³-hybridized carbons (Fsp3) is 0.333. The van der Waals surface area contributed by atoms with Crippen molar-refractivity contribution in [2.45, 2.75) is 19.1 Å². The Labute approximate surface area is 109 Å². The van der Waals surface area contributed by atoms with E-state index in [9.17, 15) is 15.0 Å². The van der Waals surface area contributed by atoms with E-state index >= 15 is 0 Å². The molecule has 1 aromatic carbocycles. The quantitative estimate of drug-likeness (QED) is 0.801. The van der Waals surface area contributed by atoms with Gasteiger partial charge in [-0.3, -0.25) is 0 Å². The van der Waals surface area contributed by atoms with Gasteiger partial charge < -0.3 is 14.9 Å². The lowest BCUT2D eigenvalue weighted by atomic mass is 10.0. The Balaban J connectivity index is 2.96. The summed E-state index contributed by atoms with van der Waals surface area (Å²) in [4.78, 5) is 11.3. The summed E-state index contributed by atoms with van der Waals surface area (Å²) in [6, 6.07) is 5.99. The molecule has 0 heterocycles. The molecule has 1 aromatic rings. The van der Waals surface area contributed by atoms with Gasteiger partial charge in [-0.2, -0.15) is 5.26 Å². The molecule has 0 radical (unpaired) electrons. The van der Waals surface area contributed by atoms with Crippen molar-refractivity contribution in [1.29, 1.82) is 5.26 Å². The average molecular weight is 270 g/mol. The van der Waals surface area contributed by atoms with Crippen molar-refractivity contribution < 1.29 is 19.7 Å². The van der Waals surface area contributed by atoms with Crippen LogP contribution in [0.15, 0.2) is 18.2 Å². The molecule has 0 saturated carbocycles. The van der Waals surface area contributed by atoms with E-state index in [1.54, 1.807) is 6.92 Å². The Bertz CT molecular complexity index is 483. The fourth-order valence-corrected chi connectivity index (χ4v) is 1.63. The molecular weight excluding hydrogens is 258 g/mol. The molecule has 96 valence electrons. The molecule has 0 amide bonds. The van der Waals surface area contributed by atoms with E-state index in [0.29, 0.717) is 0 Å². The molecule has 18 heavy (non-hydrogen) atoms. The van der Waals surface area contributed by atoms with Gasteiger partial charge in [-0.1, -0.05) is 11.6 Å². The third-order valence-corrected chi connectivity index (χ3v) is 2.44. The maximum atomic E-state index is 11.3. The van der Waals surface area contributed by atoms with Gasteiger partial charge in [-0.25, -0.2) is 4.79 Å². The zero-order chi connectivity index (χ0) is 13.7. The first-order valence-corrected chi connectivity index (χ1v) is 5.60. The Morgan fingerprint density at radius 1 is 1.50 bits per heavy atom. The summed E-state index contributed by atoms with van der Waals surface area (Å²) in [6.45, 7) is 1.69. The summed E-state index contributed by atoms with van der Waals surface area (Å²) >= 11 is 5.76. The number of hydrogen-bond donors (Lipinski definition) is 2. The van der Waals surface area contributed by atoms with Crippen LogP contribution in [0.25, 0.3) is 0 Å². The number of nitriles is 1. The normalized spacial score (nSPS) is 13.5. The third kappa shape index (κ3) is 3.44. The van der Waals surface area contributed by atoms with Gasteiger partial charge in [0.05, 0.1) is 18.2 Å². The second-order valence-electron chi connectivity index (χ2n) is 3.53. The minimum absolute atomic E-state index is 0.0988. The van der Waals surface area contributed by atoms with Crippen molar-refractivity contribution >= 4 is 17.6 Å². The van der Waals surface area contributed by atoms with Crippen LogP contribution in [-0.2, 0) is 9.53 Å². The lowest BCUT2D eigenvalue weighted by molar-refractivity contribution is -0.159. The fourth-order valence-electron chi connectivity index (χ4n) is 1.39. The summed E-state index contributed by atoms with van der Waals surface area (Å²) in [6.07, 6.45) is -3.20. The Morgan fingerprint density at radius 2 is 2.17 bits per heavy atom. The van der Waals surface area contributed by atoms with E-state index in [1.807, 2.05) is 6.07 Å². The number of ether oxygens (including phenoxy) is 1. The van der Waals surface area contributed by atoms with Crippen molar-refractivity contribution in [3.8, 4) is 6.07 Å². The van der Waals surface area contributed by atoms with E-state index < -0.39 is 18.2 Å². The number of carbonyl (C=O) groups excluding carboxylic acids is 1. The zero-order valence-corrected chi connectivity index (χ0v) is 10.4. The highest BCUT2D eigenvalue weighted by Crippen LogP contribution is 2.23. The second-order valence-corrected chi connectivity index (χ2v) is 3.96. The van der Waals surface area contributed by atoms with Gasteiger partial charge in [0, 0.05) is 5.02 Å². The molecule has 0 saturated heterocycles. The van der Waals surface area contributed by atoms with Crippen LogP contribution in [0, 0.1) is 11.3 Å². The van der Waals surface area contributed by atoms with Crippen LogP contribution in [0.2, 0.25) is 5.02 Å². The van der Waals surface area contributed by atoms with Crippen molar-refractivity contribution in [3.05, 3.63) is 34.3 Å². The van der Waals surface area contributed by atoms with Crippen LogP contribution in [0.3, 0.4) is 0 Å². The first-order chi connectivity index (χ1) is 8.49. The minimum Gasteiger partial charge on any atom is -0.464 e. The smallest absolute Gasteiger partial charge is 0.338 e. The highest BCUT2D eigenvalue weighted by molar-refractivity contribution is 6.30. The Kier molecular flexibility index (Phi) is 5.10. The van der Waals surface area contributed by atoms with Gasteiger partial charge in [0.2, 0.25) is 0 Å². The van der Waals surface area contributed by atoms with Crippen molar-refractivity contribution in [1.82, 2.24) is 0 Å². The van der Waals surface area contributed by atoms with Crippen molar-refractivity contribution in [2.24, 2.45) is 0 Å². The van der Waals surface area contributed by atoms with Gasteiger partial charge in [-0.05, 0) is 30.7 Å². The lowest BCUT2D eigenvalue weighted by Crippen LogP contribution is -2.29. The number of carbonyl (C=O) groups is 1. The first-order valence-electron chi connectivity index (χ1n) is 5.23. The van der Waals surface area contributed by atoms with Crippen molar-refractivity contribution in [3.63, 3.8) is 0 Å².